The van der Waals surface area contributed by atoms with Crippen molar-refractivity contribution >= 4 is 11.8 Å². The lowest BCUT2D eigenvalue weighted by molar-refractivity contribution is -0.277. The Bertz CT molecular complexity index is 1220. The summed E-state index contributed by atoms with van der Waals surface area (Å²) in [7, 11) is 0. The van der Waals surface area contributed by atoms with E-state index in [0.717, 1.165) is 0 Å². The van der Waals surface area contributed by atoms with Gasteiger partial charge in [-0.05, 0) is 30.3 Å². The number of benzene rings is 3. The van der Waals surface area contributed by atoms with Crippen molar-refractivity contribution in [2.75, 3.05) is 13.2 Å². The highest BCUT2D eigenvalue weighted by Crippen LogP contribution is 2.29. The van der Waals surface area contributed by atoms with Gasteiger partial charge < -0.3 is 39.4 Å². The van der Waals surface area contributed by atoms with Crippen molar-refractivity contribution in [3.05, 3.63) is 95.6 Å². The maximum Gasteiger partial charge on any atom is 0.338 e. The molecule has 4 N–H and O–H groups in total. The third-order valence-corrected chi connectivity index (χ3v) is 5.97. The molecule has 0 unspecified atom stereocenters. The minimum Gasteiger partial charge on any atom is -0.485 e. The average Bonchev–Trinajstić information content (AvgIpc) is 2.96. The van der Waals surface area contributed by atoms with Crippen LogP contribution >= 0.6 is 0 Å². The number of aliphatic hydroxyl groups excluding tert-OH is 4. The van der Waals surface area contributed by atoms with Crippen LogP contribution < -0.4 is 9.47 Å². The summed E-state index contributed by atoms with van der Waals surface area (Å²) in [5.74, 6) is -0.455. The number of carbonyl (C=O) groups is 2. The zero-order chi connectivity index (χ0) is 27.1. The maximum absolute atomic E-state index is 12.3. The number of carbonyl (C=O) groups excluding carboxylic acids is 2. The first-order valence-electron chi connectivity index (χ1n) is 11.9. The zero-order valence-electron chi connectivity index (χ0n) is 20.3. The maximum atomic E-state index is 12.3. The van der Waals surface area contributed by atoms with Crippen LogP contribution in [0.15, 0.2) is 78.9 Å². The molecule has 0 bridgehead atoms. The van der Waals surface area contributed by atoms with Gasteiger partial charge in [-0.2, -0.15) is 0 Å². The fourth-order valence-corrected chi connectivity index (χ4v) is 3.83. The molecule has 4 rings (SSSR count). The first kappa shape index (κ1) is 27.2. The van der Waals surface area contributed by atoms with Gasteiger partial charge in [0.2, 0.25) is 6.29 Å². The molecular formula is C28H28O10. The lowest BCUT2D eigenvalue weighted by Gasteiger charge is -2.40. The van der Waals surface area contributed by atoms with E-state index >= 15 is 0 Å². The summed E-state index contributed by atoms with van der Waals surface area (Å²) in [6, 6.07) is 21.3. The Labute approximate surface area is 218 Å². The van der Waals surface area contributed by atoms with Crippen LogP contribution in [0, 0.1) is 0 Å². The molecule has 3 aromatic carbocycles. The van der Waals surface area contributed by atoms with E-state index in [0.29, 0.717) is 16.9 Å². The zero-order valence-corrected chi connectivity index (χ0v) is 20.3. The van der Waals surface area contributed by atoms with E-state index < -0.39 is 49.9 Å². The van der Waals surface area contributed by atoms with Gasteiger partial charge in [-0.1, -0.05) is 48.5 Å². The molecule has 1 heterocycles. The van der Waals surface area contributed by atoms with Gasteiger partial charge in [0.25, 0.3) is 0 Å². The molecule has 0 saturated carbocycles. The molecule has 10 nitrogen and oxygen atoms in total. The van der Waals surface area contributed by atoms with Gasteiger partial charge in [-0.3, -0.25) is 4.79 Å². The van der Waals surface area contributed by atoms with E-state index in [1.54, 1.807) is 60.7 Å². The number of Topliss-reactive ketones (excluding diaryl/α,β-unsaturated/α-hetero) is 1. The SMILES string of the molecule is O=C(COc1ccc(O[C@@H]2O[C@H](COC(=O)c3ccccc3)[C@@H](O)[C@H](O)[C@H]2O)c(CO)c1)c1ccccc1. The standard InChI is InChI=1S/C28H28O10/c29-14-19-13-20(35-15-21(30)17-7-3-1-4-8-17)11-12-22(19)37-28-26(33)25(32)24(31)23(38-28)16-36-27(34)18-9-5-2-6-10-18/h1-13,23-26,28-29,31-33H,14-16H2/t23-,24-,25+,26-,28-/m1/s1. The highest BCUT2D eigenvalue weighted by molar-refractivity contribution is 5.97. The van der Waals surface area contributed by atoms with Crippen molar-refractivity contribution in [3.63, 3.8) is 0 Å². The van der Waals surface area contributed by atoms with E-state index in [1.165, 1.54) is 18.2 Å². The van der Waals surface area contributed by atoms with Crippen LogP contribution in [0.4, 0.5) is 0 Å². The number of hydrogen-bond acceptors (Lipinski definition) is 10. The topological polar surface area (TPSA) is 152 Å². The molecule has 38 heavy (non-hydrogen) atoms. The predicted octanol–water partition coefficient (Wildman–Crippen LogP) is 1.48. The van der Waals surface area contributed by atoms with E-state index in [1.807, 2.05) is 0 Å². The largest absolute Gasteiger partial charge is 0.485 e. The highest BCUT2D eigenvalue weighted by atomic mass is 16.7. The summed E-state index contributed by atoms with van der Waals surface area (Å²) >= 11 is 0. The van der Waals surface area contributed by atoms with Crippen LogP contribution in [0.2, 0.25) is 0 Å². The first-order chi connectivity index (χ1) is 18.4. The minimum atomic E-state index is -1.65. The summed E-state index contributed by atoms with van der Waals surface area (Å²) in [6.45, 7) is -1.09. The van der Waals surface area contributed by atoms with Crippen molar-refractivity contribution in [2.24, 2.45) is 0 Å². The van der Waals surface area contributed by atoms with Crippen LogP contribution in [-0.2, 0) is 16.1 Å². The molecule has 0 radical (unpaired) electrons. The van der Waals surface area contributed by atoms with Crippen LogP contribution in [0.25, 0.3) is 0 Å². The summed E-state index contributed by atoms with van der Waals surface area (Å²) in [4.78, 5) is 24.5. The lowest BCUT2D eigenvalue weighted by Crippen LogP contribution is -2.60. The van der Waals surface area contributed by atoms with Crippen LogP contribution in [0.1, 0.15) is 26.3 Å². The molecule has 0 aliphatic carbocycles. The van der Waals surface area contributed by atoms with Crippen molar-refractivity contribution < 1.29 is 49.0 Å². The Morgan fingerprint density at radius 1 is 0.816 bits per heavy atom. The third kappa shape index (κ3) is 6.55. The third-order valence-electron chi connectivity index (χ3n) is 5.97. The Kier molecular flexibility index (Phi) is 9.06. The molecule has 1 saturated heterocycles. The quantitative estimate of drug-likeness (QED) is 0.227. The molecular weight excluding hydrogens is 496 g/mol. The summed E-state index contributed by atoms with van der Waals surface area (Å²) in [5, 5.41) is 40.9. The Balaban J connectivity index is 1.39. The molecule has 10 heteroatoms. The van der Waals surface area contributed by atoms with Gasteiger partial charge >= 0.3 is 5.97 Å². The summed E-state index contributed by atoms with van der Waals surface area (Å²) < 4.78 is 22.1. The van der Waals surface area contributed by atoms with E-state index in [4.69, 9.17) is 18.9 Å². The molecule has 200 valence electrons. The van der Waals surface area contributed by atoms with Crippen molar-refractivity contribution in [1.82, 2.24) is 0 Å². The smallest absolute Gasteiger partial charge is 0.338 e. The number of rotatable bonds is 10. The molecule has 3 aromatic rings. The second kappa shape index (κ2) is 12.6. The molecule has 0 spiro atoms. The molecule has 1 fully saturated rings. The van der Waals surface area contributed by atoms with E-state index in [2.05, 4.69) is 0 Å². The predicted molar refractivity (Wildman–Crippen MR) is 133 cm³/mol. The monoisotopic (exact) mass is 524 g/mol. The summed E-state index contributed by atoms with van der Waals surface area (Å²) in [6.07, 6.45) is -7.50. The van der Waals surface area contributed by atoms with Gasteiger partial charge in [0, 0.05) is 11.1 Å². The van der Waals surface area contributed by atoms with Gasteiger partial charge in [-0.25, -0.2) is 4.79 Å². The fraction of sp³-hybridized carbons (Fsp3) is 0.286. The molecule has 1 aliphatic heterocycles. The number of esters is 1. The molecule has 0 amide bonds. The molecule has 5 atom stereocenters. The van der Waals surface area contributed by atoms with Gasteiger partial charge in [-0.15, -0.1) is 0 Å². The summed E-state index contributed by atoms with van der Waals surface area (Å²) in [5.41, 5.74) is 1.06. The lowest BCUT2D eigenvalue weighted by atomic mass is 9.99. The van der Waals surface area contributed by atoms with Gasteiger partial charge in [0.15, 0.2) is 12.4 Å². The van der Waals surface area contributed by atoms with Crippen LogP contribution in [0.5, 0.6) is 11.5 Å². The second-order valence-corrected chi connectivity index (χ2v) is 8.60. The van der Waals surface area contributed by atoms with Crippen molar-refractivity contribution in [3.8, 4) is 11.5 Å². The van der Waals surface area contributed by atoms with Crippen LogP contribution in [-0.4, -0.2) is 76.1 Å². The number of hydrogen-bond donors (Lipinski definition) is 4. The van der Waals surface area contributed by atoms with Gasteiger partial charge in [0.1, 0.15) is 42.5 Å². The Hall–Kier alpha value is -3.80. The molecule has 1 aliphatic rings. The normalized spacial score (nSPS) is 22.9. The second-order valence-electron chi connectivity index (χ2n) is 8.60. The minimum absolute atomic E-state index is 0.113. The highest BCUT2D eigenvalue weighted by Gasteiger charge is 2.45. The number of aliphatic hydroxyl groups is 4. The van der Waals surface area contributed by atoms with Crippen molar-refractivity contribution in [2.45, 2.75) is 37.3 Å². The average molecular weight is 525 g/mol. The first-order valence-corrected chi connectivity index (χ1v) is 11.9. The Morgan fingerprint density at radius 2 is 1.47 bits per heavy atom. The van der Waals surface area contributed by atoms with Crippen LogP contribution in [0.3, 0.4) is 0 Å². The fourth-order valence-electron chi connectivity index (χ4n) is 3.83. The van der Waals surface area contributed by atoms with Gasteiger partial charge in [0.05, 0.1) is 12.2 Å². The number of ether oxygens (including phenoxy) is 4. The number of ketones is 1. The Morgan fingerprint density at radius 3 is 2.13 bits per heavy atom. The van der Waals surface area contributed by atoms with E-state index in [9.17, 15) is 30.0 Å². The molecule has 0 aromatic heterocycles. The van der Waals surface area contributed by atoms with E-state index in [-0.39, 0.29) is 23.7 Å². The van der Waals surface area contributed by atoms with Crippen molar-refractivity contribution in [1.29, 1.82) is 0 Å².